The monoisotopic (exact) mass is 378 g/mol. The van der Waals surface area contributed by atoms with Crippen molar-refractivity contribution in [2.75, 3.05) is 13.6 Å². The number of carbonyl (C=O) groups excluding carboxylic acids is 1. The number of nitrogens with two attached hydrogens (primary N) is 1. The van der Waals surface area contributed by atoms with Gasteiger partial charge < -0.3 is 10.6 Å². The van der Waals surface area contributed by atoms with E-state index in [1.165, 1.54) is 0 Å². The number of amides is 1. The first kappa shape index (κ1) is 22.2. The number of carbonyl (C=O) groups is 1. The summed E-state index contributed by atoms with van der Waals surface area (Å²) in [5.41, 5.74) is 9.99. The molecule has 1 unspecified atom stereocenters. The van der Waals surface area contributed by atoms with Crippen LogP contribution in [0.4, 0.5) is 0 Å². The molecule has 5 nitrogen and oxygen atoms in total. The lowest BCUT2D eigenvalue weighted by molar-refractivity contribution is 0.0789. The van der Waals surface area contributed by atoms with E-state index in [0.717, 1.165) is 23.4 Å². The van der Waals surface area contributed by atoms with Crippen LogP contribution < -0.4 is 5.73 Å². The Balaban J connectivity index is 0.00000338. The minimum atomic E-state index is 0. The highest BCUT2D eigenvalue weighted by Crippen LogP contribution is 2.12. The maximum Gasteiger partial charge on any atom is 0.253 e. The van der Waals surface area contributed by atoms with Crippen LogP contribution in [0.5, 0.6) is 0 Å². The summed E-state index contributed by atoms with van der Waals surface area (Å²) in [6.07, 6.45) is 0.811. The molecular weight excluding hydrogens is 348 g/mol. The fourth-order valence-electron chi connectivity index (χ4n) is 2.81. The van der Waals surface area contributed by atoms with E-state index in [1.807, 2.05) is 49.8 Å². The predicted molar refractivity (Wildman–Crippen MR) is 109 cm³/mol. The molecule has 0 bridgehead atoms. The molecule has 0 fully saturated rings. The zero-order valence-corrected chi connectivity index (χ0v) is 17.2. The van der Waals surface area contributed by atoms with E-state index in [4.69, 9.17) is 5.73 Å². The highest BCUT2D eigenvalue weighted by Gasteiger charge is 2.15. The molecule has 1 aromatic carbocycles. The van der Waals surface area contributed by atoms with Crippen LogP contribution in [0.3, 0.4) is 0 Å². The first-order chi connectivity index (χ1) is 11.8. The van der Waals surface area contributed by atoms with Crippen molar-refractivity contribution >= 4 is 18.3 Å². The Kier molecular flexibility index (Phi) is 8.31. The Morgan fingerprint density at radius 2 is 1.96 bits per heavy atom. The average Bonchev–Trinajstić information content (AvgIpc) is 2.88. The summed E-state index contributed by atoms with van der Waals surface area (Å²) in [5.74, 6) is 0.457. The van der Waals surface area contributed by atoms with Crippen LogP contribution in [-0.4, -0.2) is 40.2 Å². The third-order valence-corrected chi connectivity index (χ3v) is 4.61. The lowest BCUT2D eigenvalue weighted by Gasteiger charge is -2.21. The number of nitrogens with zero attached hydrogens (tertiary/aromatic N) is 3. The summed E-state index contributed by atoms with van der Waals surface area (Å²) in [7, 11) is 1.84. The maximum absolute atomic E-state index is 12.7. The molecule has 0 saturated carbocycles. The van der Waals surface area contributed by atoms with Gasteiger partial charge in [0.15, 0.2) is 0 Å². The van der Waals surface area contributed by atoms with Gasteiger partial charge in [0.25, 0.3) is 5.91 Å². The van der Waals surface area contributed by atoms with Crippen molar-refractivity contribution in [2.24, 2.45) is 11.7 Å². The number of halogens is 1. The van der Waals surface area contributed by atoms with Crippen molar-refractivity contribution in [3.8, 4) is 0 Å². The summed E-state index contributed by atoms with van der Waals surface area (Å²) in [4.78, 5) is 14.4. The molecule has 0 radical (unpaired) electrons. The van der Waals surface area contributed by atoms with Crippen molar-refractivity contribution < 1.29 is 4.79 Å². The molecular formula is C20H31ClN4O. The fourth-order valence-corrected chi connectivity index (χ4v) is 2.81. The molecule has 6 heteroatoms. The van der Waals surface area contributed by atoms with Crippen LogP contribution in [0, 0.1) is 19.8 Å². The van der Waals surface area contributed by atoms with Gasteiger partial charge in [-0.25, -0.2) is 0 Å². The molecule has 0 spiro atoms. The van der Waals surface area contributed by atoms with Crippen LogP contribution in [0.2, 0.25) is 0 Å². The quantitative estimate of drug-likeness (QED) is 0.802. The molecule has 1 atom stereocenters. The van der Waals surface area contributed by atoms with Gasteiger partial charge in [0.2, 0.25) is 0 Å². The van der Waals surface area contributed by atoms with Crippen molar-refractivity contribution in [1.82, 2.24) is 14.7 Å². The minimum Gasteiger partial charge on any atom is -0.342 e. The third kappa shape index (κ3) is 5.85. The largest absolute Gasteiger partial charge is 0.342 e. The zero-order chi connectivity index (χ0) is 18.6. The van der Waals surface area contributed by atoms with Crippen LogP contribution in [0.25, 0.3) is 0 Å². The topological polar surface area (TPSA) is 64.2 Å². The van der Waals surface area contributed by atoms with Crippen molar-refractivity contribution in [3.63, 3.8) is 0 Å². The van der Waals surface area contributed by atoms with E-state index in [2.05, 4.69) is 25.0 Å². The molecule has 144 valence electrons. The Morgan fingerprint density at radius 3 is 2.54 bits per heavy atom. The first-order valence-electron chi connectivity index (χ1n) is 8.89. The van der Waals surface area contributed by atoms with Gasteiger partial charge >= 0.3 is 0 Å². The lowest BCUT2D eigenvalue weighted by Crippen LogP contribution is -2.34. The second-order valence-electron chi connectivity index (χ2n) is 7.21. The number of aromatic nitrogens is 2. The third-order valence-electron chi connectivity index (χ3n) is 4.61. The molecule has 0 saturated heterocycles. The zero-order valence-electron chi connectivity index (χ0n) is 16.4. The van der Waals surface area contributed by atoms with Gasteiger partial charge in [0.1, 0.15) is 0 Å². The molecule has 2 N–H and O–H groups in total. The second-order valence-corrected chi connectivity index (χ2v) is 7.21. The molecule has 2 rings (SSSR count). The molecule has 1 amide bonds. The number of rotatable bonds is 7. The van der Waals surface area contributed by atoms with E-state index >= 15 is 0 Å². The number of hydrogen-bond acceptors (Lipinski definition) is 3. The summed E-state index contributed by atoms with van der Waals surface area (Å²) in [6, 6.07) is 9.96. The first-order valence-corrected chi connectivity index (χ1v) is 8.89. The van der Waals surface area contributed by atoms with E-state index in [1.54, 1.807) is 4.90 Å². The van der Waals surface area contributed by atoms with Crippen molar-refractivity contribution in [3.05, 3.63) is 52.8 Å². The second kappa shape index (κ2) is 9.74. The van der Waals surface area contributed by atoms with Gasteiger partial charge in [-0.15, -0.1) is 12.4 Å². The SMILES string of the molecule is Cc1cc(C)n(Cc2cccc(C(=O)N(C)CCC(N)C(C)C)c2)n1.Cl. The van der Waals surface area contributed by atoms with Gasteiger partial charge in [-0.3, -0.25) is 9.48 Å². The van der Waals surface area contributed by atoms with Crippen molar-refractivity contribution in [1.29, 1.82) is 0 Å². The summed E-state index contributed by atoms with van der Waals surface area (Å²) >= 11 is 0. The van der Waals surface area contributed by atoms with E-state index in [0.29, 0.717) is 24.6 Å². The van der Waals surface area contributed by atoms with Crippen LogP contribution in [-0.2, 0) is 6.54 Å². The summed E-state index contributed by atoms with van der Waals surface area (Å²) in [5, 5.41) is 4.49. The molecule has 1 aromatic heterocycles. The van der Waals surface area contributed by atoms with Crippen LogP contribution in [0.1, 0.15) is 47.6 Å². The smallest absolute Gasteiger partial charge is 0.253 e. The van der Waals surface area contributed by atoms with E-state index in [9.17, 15) is 4.79 Å². The Morgan fingerprint density at radius 1 is 1.27 bits per heavy atom. The number of hydrogen-bond donors (Lipinski definition) is 1. The minimum absolute atomic E-state index is 0. The number of aryl methyl sites for hydroxylation is 2. The van der Waals surface area contributed by atoms with Gasteiger partial charge in [0, 0.05) is 30.9 Å². The summed E-state index contributed by atoms with van der Waals surface area (Å²) in [6.45, 7) is 9.58. The van der Waals surface area contributed by atoms with Crippen LogP contribution >= 0.6 is 12.4 Å². The van der Waals surface area contributed by atoms with Gasteiger partial charge in [-0.2, -0.15) is 5.10 Å². The van der Waals surface area contributed by atoms with E-state index < -0.39 is 0 Å². The van der Waals surface area contributed by atoms with E-state index in [-0.39, 0.29) is 24.4 Å². The van der Waals surface area contributed by atoms with Crippen molar-refractivity contribution in [2.45, 2.75) is 46.7 Å². The average molecular weight is 379 g/mol. The maximum atomic E-state index is 12.7. The molecule has 2 aromatic rings. The molecule has 26 heavy (non-hydrogen) atoms. The highest BCUT2D eigenvalue weighted by molar-refractivity contribution is 5.94. The summed E-state index contributed by atoms with van der Waals surface area (Å²) < 4.78 is 1.96. The lowest BCUT2D eigenvalue weighted by atomic mass is 10.0. The Bertz CT molecular complexity index is 726. The molecule has 0 aliphatic rings. The Hall–Kier alpha value is -1.85. The fraction of sp³-hybridized carbons (Fsp3) is 0.500. The van der Waals surface area contributed by atoms with Gasteiger partial charge in [-0.05, 0) is 49.9 Å². The Labute approximate surface area is 163 Å². The highest BCUT2D eigenvalue weighted by atomic mass is 35.5. The van der Waals surface area contributed by atoms with Gasteiger partial charge in [-0.1, -0.05) is 26.0 Å². The molecule has 0 aliphatic carbocycles. The predicted octanol–water partition coefficient (Wildman–Crippen LogP) is 3.42. The van der Waals surface area contributed by atoms with Gasteiger partial charge in [0.05, 0.1) is 12.2 Å². The normalized spacial score (nSPS) is 12.0. The van der Waals surface area contributed by atoms with Crippen LogP contribution in [0.15, 0.2) is 30.3 Å². The molecule has 0 aliphatic heterocycles. The standard InChI is InChI=1S/C20H30N4O.ClH/c1-14(2)19(21)9-10-23(5)20(25)18-8-6-7-17(12-18)13-24-16(4)11-15(3)22-24;/h6-8,11-12,14,19H,9-10,13,21H2,1-5H3;1H. The number of benzene rings is 1. The molecule has 1 heterocycles.